The molecule has 2 amide bonds. The smallest absolute Gasteiger partial charge is 0.338 e. The van der Waals surface area contributed by atoms with Crippen molar-refractivity contribution in [3.05, 3.63) is 57.1 Å². The van der Waals surface area contributed by atoms with Gasteiger partial charge < -0.3 is 18.6 Å². The Morgan fingerprint density at radius 3 is 1.44 bits per heavy atom. The monoisotopic (exact) mass is 624 g/mol. The SMILES string of the molecule is CCOC(=O)c1ccc2c(c1)sc(=NC(=O)CCCCCCCC(=O)N=c1sc3cc(C(=O)OCC)ccc3n1C)n2C. The van der Waals surface area contributed by atoms with Crippen LogP contribution in [0.1, 0.15) is 79.5 Å². The standard InChI is InChI=1S/C31H36N4O6S2/c1-5-40-28(38)20-14-16-22-24(18-20)42-30(34(22)3)32-26(36)12-10-8-7-9-11-13-27(37)33-31-35(4)23-17-15-21(19-25(23)43-31)29(39)41-6-2/h14-19H,5-13H2,1-4H3. The first-order valence-corrected chi connectivity index (χ1v) is 16.0. The van der Waals surface area contributed by atoms with Crippen molar-refractivity contribution in [2.45, 2.75) is 58.8 Å². The van der Waals surface area contributed by atoms with Crippen molar-refractivity contribution >= 4 is 66.9 Å². The summed E-state index contributed by atoms with van der Waals surface area (Å²) < 4.78 is 15.6. The molecule has 0 fully saturated rings. The van der Waals surface area contributed by atoms with Gasteiger partial charge in [-0.1, -0.05) is 41.9 Å². The van der Waals surface area contributed by atoms with E-state index < -0.39 is 0 Å². The highest BCUT2D eigenvalue weighted by Gasteiger charge is 2.12. The molecule has 2 aromatic carbocycles. The van der Waals surface area contributed by atoms with Crippen molar-refractivity contribution in [2.75, 3.05) is 13.2 Å². The summed E-state index contributed by atoms with van der Waals surface area (Å²) in [6.07, 6.45) is 4.85. The van der Waals surface area contributed by atoms with Gasteiger partial charge >= 0.3 is 11.9 Å². The second-order valence-corrected chi connectivity index (χ2v) is 12.0. The van der Waals surface area contributed by atoms with E-state index in [0.717, 1.165) is 52.5 Å². The third-order valence-electron chi connectivity index (χ3n) is 6.86. The average molecular weight is 625 g/mol. The maximum Gasteiger partial charge on any atom is 0.338 e. The Balaban J connectivity index is 1.22. The first kappa shape index (κ1) is 32.0. The minimum Gasteiger partial charge on any atom is -0.462 e. The minimum atomic E-state index is -0.369. The van der Waals surface area contributed by atoms with Crippen molar-refractivity contribution in [1.29, 1.82) is 0 Å². The van der Waals surface area contributed by atoms with Crippen LogP contribution in [0.5, 0.6) is 0 Å². The third kappa shape index (κ3) is 8.14. The fraction of sp³-hybridized carbons (Fsp3) is 0.419. The number of carbonyl (C=O) groups excluding carboxylic acids is 4. The van der Waals surface area contributed by atoms with Gasteiger partial charge in [0.05, 0.1) is 44.8 Å². The van der Waals surface area contributed by atoms with E-state index in [1.54, 1.807) is 38.1 Å². The van der Waals surface area contributed by atoms with Gasteiger partial charge in [0, 0.05) is 26.9 Å². The number of ether oxygens (including phenoxy) is 2. The molecule has 0 aliphatic carbocycles. The number of amides is 2. The number of carbonyl (C=O) groups is 4. The van der Waals surface area contributed by atoms with Crippen LogP contribution in [0.2, 0.25) is 0 Å². The van der Waals surface area contributed by atoms with Crippen molar-refractivity contribution in [3.8, 4) is 0 Å². The van der Waals surface area contributed by atoms with Gasteiger partial charge in [-0.3, -0.25) is 9.59 Å². The van der Waals surface area contributed by atoms with E-state index in [-0.39, 0.29) is 23.8 Å². The quantitative estimate of drug-likeness (QED) is 0.153. The van der Waals surface area contributed by atoms with Gasteiger partial charge in [0.2, 0.25) is 11.8 Å². The van der Waals surface area contributed by atoms with Crippen LogP contribution in [-0.4, -0.2) is 46.1 Å². The highest BCUT2D eigenvalue weighted by molar-refractivity contribution is 7.16. The lowest BCUT2D eigenvalue weighted by atomic mass is 10.1. The van der Waals surface area contributed by atoms with E-state index in [1.165, 1.54) is 22.7 Å². The summed E-state index contributed by atoms with van der Waals surface area (Å²) in [5.41, 5.74) is 2.75. The number of hydrogen-bond donors (Lipinski definition) is 0. The molecule has 228 valence electrons. The predicted octanol–water partition coefficient (Wildman–Crippen LogP) is 5.43. The van der Waals surface area contributed by atoms with Crippen molar-refractivity contribution in [2.24, 2.45) is 24.1 Å². The zero-order chi connectivity index (χ0) is 30.9. The highest BCUT2D eigenvalue weighted by atomic mass is 32.1. The zero-order valence-electron chi connectivity index (χ0n) is 24.9. The molecule has 2 heterocycles. The van der Waals surface area contributed by atoms with Gasteiger partial charge in [0.1, 0.15) is 0 Å². The first-order valence-electron chi connectivity index (χ1n) is 14.4. The van der Waals surface area contributed by atoms with E-state index in [9.17, 15) is 19.2 Å². The summed E-state index contributed by atoms with van der Waals surface area (Å²) in [5.74, 6) is -1.09. The number of thiazole rings is 2. The molecular formula is C31H36N4O6S2. The molecule has 0 aliphatic rings. The van der Waals surface area contributed by atoms with Crippen LogP contribution in [0, 0.1) is 0 Å². The Morgan fingerprint density at radius 2 is 1.05 bits per heavy atom. The Morgan fingerprint density at radius 1 is 0.651 bits per heavy atom. The van der Waals surface area contributed by atoms with Gasteiger partial charge in [0.15, 0.2) is 9.60 Å². The largest absolute Gasteiger partial charge is 0.462 e. The number of aryl methyl sites for hydroxylation is 2. The van der Waals surface area contributed by atoms with Crippen LogP contribution >= 0.6 is 22.7 Å². The summed E-state index contributed by atoms with van der Waals surface area (Å²) in [7, 11) is 3.70. The lowest BCUT2D eigenvalue weighted by molar-refractivity contribution is -0.118. The predicted molar refractivity (Wildman–Crippen MR) is 167 cm³/mol. The number of aromatic nitrogens is 2. The molecule has 0 radical (unpaired) electrons. The van der Waals surface area contributed by atoms with Crippen LogP contribution in [0.3, 0.4) is 0 Å². The molecule has 2 aromatic heterocycles. The number of fused-ring (bicyclic) bond motifs is 2. The van der Waals surface area contributed by atoms with E-state index in [1.807, 2.05) is 35.4 Å². The fourth-order valence-corrected chi connectivity index (χ4v) is 6.72. The molecule has 4 aromatic rings. The molecule has 0 N–H and O–H groups in total. The number of benzene rings is 2. The van der Waals surface area contributed by atoms with Crippen LogP contribution in [0.15, 0.2) is 46.4 Å². The van der Waals surface area contributed by atoms with E-state index in [2.05, 4.69) is 9.98 Å². The number of unbranched alkanes of at least 4 members (excludes halogenated alkanes) is 4. The number of esters is 2. The summed E-state index contributed by atoms with van der Waals surface area (Å²) in [4.78, 5) is 58.8. The fourth-order valence-electron chi connectivity index (χ4n) is 4.57. The Bertz CT molecular complexity index is 1660. The summed E-state index contributed by atoms with van der Waals surface area (Å²) in [6, 6.07) is 10.6. The van der Waals surface area contributed by atoms with Crippen molar-refractivity contribution in [1.82, 2.24) is 9.13 Å². The lowest BCUT2D eigenvalue weighted by Crippen LogP contribution is -2.13. The average Bonchev–Trinajstić information content (AvgIpc) is 3.46. The van der Waals surface area contributed by atoms with Crippen LogP contribution in [0.4, 0.5) is 0 Å². The molecule has 0 atom stereocenters. The van der Waals surface area contributed by atoms with Gasteiger partial charge in [-0.25, -0.2) is 9.59 Å². The highest BCUT2D eigenvalue weighted by Crippen LogP contribution is 2.20. The Hall–Kier alpha value is -3.90. The lowest BCUT2D eigenvalue weighted by Gasteiger charge is -2.01. The van der Waals surface area contributed by atoms with E-state index >= 15 is 0 Å². The van der Waals surface area contributed by atoms with Gasteiger partial charge in [-0.15, -0.1) is 0 Å². The second kappa shape index (κ2) is 15.0. The Labute approximate surface area is 257 Å². The maximum absolute atomic E-state index is 12.5. The van der Waals surface area contributed by atoms with Crippen molar-refractivity contribution < 1.29 is 28.7 Å². The maximum atomic E-state index is 12.5. The molecule has 10 nitrogen and oxygen atoms in total. The number of nitrogens with zero attached hydrogens (tertiary/aromatic N) is 4. The summed E-state index contributed by atoms with van der Waals surface area (Å²) in [5, 5.41) is 0. The van der Waals surface area contributed by atoms with Crippen LogP contribution in [-0.2, 0) is 33.2 Å². The molecule has 0 unspecified atom stereocenters. The van der Waals surface area contributed by atoms with Gasteiger partial charge in [-0.2, -0.15) is 9.98 Å². The molecule has 0 bridgehead atoms. The van der Waals surface area contributed by atoms with Crippen molar-refractivity contribution in [3.63, 3.8) is 0 Å². The third-order valence-corrected chi connectivity index (χ3v) is 9.05. The molecule has 4 rings (SSSR count). The molecular weight excluding hydrogens is 588 g/mol. The number of rotatable bonds is 12. The van der Waals surface area contributed by atoms with E-state index in [0.29, 0.717) is 46.8 Å². The van der Waals surface area contributed by atoms with Crippen LogP contribution in [0.25, 0.3) is 20.4 Å². The minimum absolute atomic E-state index is 0.174. The van der Waals surface area contributed by atoms with Crippen LogP contribution < -0.4 is 9.60 Å². The van der Waals surface area contributed by atoms with E-state index in [4.69, 9.17) is 9.47 Å². The molecule has 0 spiro atoms. The molecule has 0 aliphatic heterocycles. The zero-order valence-corrected chi connectivity index (χ0v) is 26.5. The second-order valence-electron chi connectivity index (χ2n) is 9.97. The van der Waals surface area contributed by atoms with Gasteiger partial charge in [0.25, 0.3) is 0 Å². The molecule has 43 heavy (non-hydrogen) atoms. The number of hydrogen-bond acceptors (Lipinski definition) is 8. The van der Waals surface area contributed by atoms with Gasteiger partial charge in [-0.05, 0) is 63.1 Å². The summed E-state index contributed by atoms with van der Waals surface area (Å²) in [6.45, 7) is 4.16. The topological polar surface area (TPSA) is 121 Å². The molecule has 0 saturated heterocycles. The first-order chi connectivity index (χ1) is 20.7. The Kier molecular flexibility index (Phi) is 11.2. The molecule has 0 saturated carbocycles. The summed E-state index contributed by atoms with van der Waals surface area (Å²) >= 11 is 2.74. The molecule has 12 heteroatoms. The normalized spacial score (nSPS) is 12.3.